The fourth-order valence-electron chi connectivity index (χ4n) is 2.55. The minimum atomic E-state index is -0.321. The molecular weight excluding hydrogens is 414 g/mol. The topological polar surface area (TPSA) is 83.3 Å². The van der Waals surface area contributed by atoms with Crippen molar-refractivity contribution in [2.75, 3.05) is 24.3 Å². The van der Waals surface area contributed by atoms with Crippen molar-refractivity contribution in [1.29, 1.82) is 5.26 Å². The average Bonchev–Trinajstić information content (AvgIpc) is 3.26. The van der Waals surface area contributed by atoms with E-state index in [1.165, 1.54) is 34.9 Å². The van der Waals surface area contributed by atoms with Crippen LogP contribution in [0.1, 0.15) is 12.6 Å². The number of para-hydroxylation sites is 1. The molecule has 1 aromatic carbocycles. The number of hydrogen-bond donors (Lipinski definition) is 0. The maximum Gasteiger partial charge on any atom is 0.311 e. The lowest BCUT2D eigenvalue weighted by Gasteiger charge is -2.14. The van der Waals surface area contributed by atoms with Gasteiger partial charge in [0.2, 0.25) is 0 Å². The summed E-state index contributed by atoms with van der Waals surface area (Å²) in [5, 5.41) is 12.0. The Morgan fingerprint density at radius 1 is 1.36 bits per heavy atom. The molecule has 2 aromatic rings. The van der Waals surface area contributed by atoms with Crippen molar-refractivity contribution in [1.82, 2.24) is 4.98 Å². The van der Waals surface area contributed by atoms with E-state index in [0.717, 1.165) is 10.6 Å². The van der Waals surface area contributed by atoms with Gasteiger partial charge >= 0.3 is 5.97 Å². The van der Waals surface area contributed by atoms with Gasteiger partial charge in [0.15, 0.2) is 10.1 Å². The zero-order valence-corrected chi connectivity index (χ0v) is 17.7. The van der Waals surface area contributed by atoms with Crippen LogP contribution in [-0.4, -0.2) is 36.1 Å². The molecule has 3 rings (SSSR count). The van der Waals surface area contributed by atoms with Crippen molar-refractivity contribution in [2.24, 2.45) is 0 Å². The molecule has 0 bridgehead atoms. The Kier molecular flexibility index (Phi) is 6.78. The number of esters is 1. The van der Waals surface area contributed by atoms with E-state index in [0.29, 0.717) is 21.7 Å². The second-order valence-corrected chi connectivity index (χ2v) is 8.83. The first-order chi connectivity index (χ1) is 13.5. The molecule has 0 saturated heterocycles. The van der Waals surface area contributed by atoms with Gasteiger partial charge < -0.3 is 9.64 Å². The third-order valence-corrected chi connectivity index (χ3v) is 7.14. The van der Waals surface area contributed by atoms with Crippen LogP contribution >= 0.6 is 34.9 Å². The molecule has 0 amide bonds. The minimum absolute atomic E-state index is 0.115. The SMILES string of the molecule is CCOC(=O)Cc1csc(SCC(=O)/C(C#N)=C2/Sc3ccccc3N2C)n1. The quantitative estimate of drug-likeness (QED) is 0.283. The Hall–Kier alpha value is -2.28. The van der Waals surface area contributed by atoms with Crippen LogP contribution in [0.15, 0.2) is 49.5 Å². The number of hydrogen-bond acceptors (Lipinski definition) is 9. The Morgan fingerprint density at radius 3 is 2.86 bits per heavy atom. The van der Waals surface area contributed by atoms with Crippen LogP contribution in [0.4, 0.5) is 5.69 Å². The van der Waals surface area contributed by atoms with Crippen LogP contribution in [-0.2, 0) is 20.7 Å². The van der Waals surface area contributed by atoms with Crippen molar-refractivity contribution in [3.8, 4) is 6.07 Å². The first-order valence-electron chi connectivity index (χ1n) is 8.44. The van der Waals surface area contributed by atoms with Gasteiger partial charge in [-0.05, 0) is 19.1 Å². The summed E-state index contributed by atoms with van der Waals surface area (Å²) in [7, 11) is 1.86. The summed E-state index contributed by atoms with van der Waals surface area (Å²) in [6.07, 6.45) is 0.117. The van der Waals surface area contributed by atoms with Crippen LogP contribution < -0.4 is 4.90 Å². The predicted octanol–water partition coefficient (Wildman–Crippen LogP) is 3.89. The van der Waals surface area contributed by atoms with Crippen LogP contribution in [0.25, 0.3) is 0 Å². The van der Waals surface area contributed by atoms with Gasteiger partial charge in [0.1, 0.15) is 16.7 Å². The molecule has 0 fully saturated rings. The number of ether oxygens (including phenoxy) is 1. The van der Waals surface area contributed by atoms with Crippen molar-refractivity contribution >= 4 is 52.3 Å². The molecule has 144 valence electrons. The molecule has 1 aliphatic rings. The number of Topliss-reactive ketones (excluding diaryl/α,β-unsaturated/α-hetero) is 1. The fraction of sp³-hybridized carbons (Fsp3) is 0.263. The average molecular weight is 432 g/mol. The fourth-order valence-corrected chi connectivity index (χ4v) is 5.42. The number of aromatic nitrogens is 1. The zero-order chi connectivity index (χ0) is 20.1. The Balaban J connectivity index is 1.65. The van der Waals surface area contributed by atoms with E-state index >= 15 is 0 Å². The molecule has 0 radical (unpaired) electrons. The maximum absolute atomic E-state index is 12.7. The lowest BCUT2D eigenvalue weighted by molar-refractivity contribution is -0.142. The van der Waals surface area contributed by atoms with E-state index in [4.69, 9.17) is 4.74 Å². The highest BCUT2D eigenvalue weighted by atomic mass is 32.2. The number of carbonyl (C=O) groups is 2. The van der Waals surface area contributed by atoms with Gasteiger partial charge in [0, 0.05) is 17.3 Å². The molecule has 9 heteroatoms. The van der Waals surface area contributed by atoms with Gasteiger partial charge in [0.25, 0.3) is 0 Å². The Morgan fingerprint density at radius 2 is 2.14 bits per heavy atom. The first kappa shape index (κ1) is 20.5. The number of thiazole rings is 1. The summed E-state index contributed by atoms with van der Waals surface area (Å²) in [5.74, 6) is -0.446. The Bertz CT molecular complexity index is 978. The van der Waals surface area contributed by atoms with Crippen molar-refractivity contribution in [3.63, 3.8) is 0 Å². The van der Waals surface area contributed by atoms with Crippen LogP contribution in [0.5, 0.6) is 0 Å². The summed E-state index contributed by atoms with van der Waals surface area (Å²) in [6.45, 7) is 2.09. The highest BCUT2D eigenvalue weighted by molar-refractivity contribution is 8.04. The highest BCUT2D eigenvalue weighted by Gasteiger charge is 2.27. The van der Waals surface area contributed by atoms with Crippen LogP contribution in [0.3, 0.4) is 0 Å². The molecule has 0 atom stereocenters. The first-order valence-corrected chi connectivity index (χ1v) is 11.1. The van der Waals surface area contributed by atoms with Gasteiger partial charge in [-0.3, -0.25) is 9.59 Å². The van der Waals surface area contributed by atoms with Crippen molar-refractivity contribution in [2.45, 2.75) is 22.6 Å². The smallest absolute Gasteiger partial charge is 0.311 e. The van der Waals surface area contributed by atoms with Crippen molar-refractivity contribution in [3.05, 3.63) is 45.9 Å². The third kappa shape index (κ3) is 4.58. The lowest BCUT2D eigenvalue weighted by atomic mass is 10.2. The van der Waals surface area contributed by atoms with Gasteiger partial charge in [-0.1, -0.05) is 35.7 Å². The zero-order valence-electron chi connectivity index (χ0n) is 15.3. The van der Waals surface area contributed by atoms with E-state index in [9.17, 15) is 14.9 Å². The largest absolute Gasteiger partial charge is 0.466 e. The number of allylic oxidation sites excluding steroid dienone is 1. The van der Waals surface area contributed by atoms with Crippen LogP contribution in [0, 0.1) is 11.3 Å². The van der Waals surface area contributed by atoms with E-state index in [1.54, 1.807) is 12.3 Å². The molecule has 0 spiro atoms. The van der Waals surface area contributed by atoms with E-state index < -0.39 is 0 Å². The van der Waals surface area contributed by atoms with Crippen LogP contribution in [0.2, 0.25) is 0 Å². The number of nitrogens with zero attached hydrogens (tertiary/aromatic N) is 3. The Labute approximate surface area is 175 Å². The number of anilines is 1. The number of benzene rings is 1. The molecule has 1 aromatic heterocycles. The molecule has 0 N–H and O–H groups in total. The highest BCUT2D eigenvalue weighted by Crippen LogP contribution is 2.46. The summed E-state index contributed by atoms with van der Waals surface area (Å²) < 4.78 is 5.59. The number of nitriles is 1. The molecule has 28 heavy (non-hydrogen) atoms. The molecule has 2 heterocycles. The van der Waals surface area contributed by atoms with E-state index in [2.05, 4.69) is 11.1 Å². The molecule has 0 unspecified atom stereocenters. The summed E-state index contributed by atoms with van der Waals surface area (Å²) in [6, 6.07) is 9.86. The monoisotopic (exact) mass is 431 g/mol. The van der Waals surface area contributed by atoms with Crippen molar-refractivity contribution < 1.29 is 14.3 Å². The number of rotatable bonds is 7. The normalized spacial score (nSPS) is 14.4. The second kappa shape index (κ2) is 9.28. The lowest BCUT2D eigenvalue weighted by Crippen LogP contribution is -2.16. The predicted molar refractivity (Wildman–Crippen MR) is 112 cm³/mol. The number of carbonyl (C=O) groups excluding carboxylic acids is 2. The second-order valence-electron chi connectivity index (χ2n) is 5.72. The maximum atomic E-state index is 12.7. The summed E-state index contributed by atoms with van der Waals surface area (Å²) >= 11 is 4.07. The van der Waals surface area contributed by atoms with Gasteiger partial charge in [0.05, 0.1) is 30.2 Å². The van der Waals surface area contributed by atoms with Gasteiger partial charge in [-0.15, -0.1) is 11.3 Å². The summed E-state index contributed by atoms with van der Waals surface area (Å²) in [4.78, 5) is 31.4. The van der Waals surface area contributed by atoms with E-state index in [-0.39, 0.29) is 29.5 Å². The third-order valence-electron chi connectivity index (χ3n) is 3.83. The van der Waals surface area contributed by atoms with E-state index in [1.807, 2.05) is 36.2 Å². The molecule has 0 saturated carbocycles. The summed E-state index contributed by atoms with van der Waals surface area (Å²) in [5.41, 5.74) is 1.76. The molecule has 6 nitrogen and oxygen atoms in total. The number of ketones is 1. The molecule has 1 aliphatic heterocycles. The minimum Gasteiger partial charge on any atom is -0.466 e. The van der Waals surface area contributed by atoms with Gasteiger partial charge in [-0.25, -0.2) is 4.98 Å². The molecule has 0 aliphatic carbocycles. The standard InChI is InChI=1S/C19H17N3O3S3/c1-3-25-17(24)8-12-10-26-19(21-12)27-11-15(23)13(9-20)18-22(2)14-6-4-5-7-16(14)28-18/h4-7,10H,3,8,11H2,1-2H3/b18-13+. The number of fused-ring (bicyclic) bond motifs is 1. The van der Waals surface area contributed by atoms with Gasteiger partial charge in [-0.2, -0.15) is 5.26 Å². The number of thioether (sulfide) groups is 2. The molecular formula is C19H17N3O3S3.